The van der Waals surface area contributed by atoms with Gasteiger partial charge in [-0.15, -0.1) is 0 Å². The lowest BCUT2D eigenvalue weighted by Crippen LogP contribution is -2.45. The predicted molar refractivity (Wildman–Crippen MR) is 93.1 cm³/mol. The van der Waals surface area contributed by atoms with E-state index in [9.17, 15) is 17.6 Å². The Bertz CT molecular complexity index is 850. The number of hydrogen-bond donors (Lipinski definition) is 1. The highest BCUT2D eigenvalue weighted by Gasteiger charge is 2.33. The molecule has 6 nitrogen and oxygen atoms in total. The molecule has 0 bridgehead atoms. The topological polar surface area (TPSA) is 79.6 Å². The second kappa shape index (κ2) is 7.59. The Balaban J connectivity index is 1.68. The Morgan fingerprint density at radius 3 is 2.69 bits per heavy atom. The van der Waals surface area contributed by atoms with Gasteiger partial charge in [0.05, 0.1) is 23.1 Å². The molecule has 0 spiro atoms. The second-order valence-electron chi connectivity index (χ2n) is 6.40. The molecule has 8 heteroatoms. The lowest BCUT2D eigenvalue weighted by Gasteiger charge is -2.31. The van der Waals surface area contributed by atoms with Crippen LogP contribution < -0.4 is 5.32 Å². The van der Waals surface area contributed by atoms with Crippen molar-refractivity contribution in [2.24, 2.45) is 5.92 Å². The van der Waals surface area contributed by atoms with Crippen LogP contribution in [0.3, 0.4) is 0 Å². The van der Waals surface area contributed by atoms with E-state index in [4.69, 9.17) is 4.42 Å². The highest BCUT2D eigenvalue weighted by Crippen LogP contribution is 2.25. The Morgan fingerprint density at radius 1 is 1.31 bits per heavy atom. The van der Waals surface area contributed by atoms with E-state index in [-0.39, 0.29) is 23.4 Å². The number of furan rings is 1. The minimum absolute atomic E-state index is 0.0314. The van der Waals surface area contributed by atoms with Crippen LogP contribution in [0.1, 0.15) is 31.6 Å². The first-order chi connectivity index (χ1) is 12.4. The Morgan fingerprint density at radius 2 is 2.04 bits per heavy atom. The van der Waals surface area contributed by atoms with E-state index in [1.165, 1.54) is 22.7 Å². The molecule has 1 aromatic heterocycles. The lowest BCUT2D eigenvalue weighted by molar-refractivity contribution is -0.126. The molecule has 26 heavy (non-hydrogen) atoms. The van der Waals surface area contributed by atoms with Crippen molar-refractivity contribution >= 4 is 15.9 Å². The number of carbonyl (C=O) groups is 1. The molecule has 2 atom stereocenters. The average Bonchev–Trinajstić information content (AvgIpc) is 3.17. The third kappa shape index (κ3) is 3.96. The first-order valence-electron chi connectivity index (χ1n) is 8.47. The van der Waals surface area contributed by atoms with Gasteiger partial charge in [-0.3, -0.25) is 4.79 Å². The zero-order chi connectivity index (χ0) is 18.7. The number of amides is 1. The van der Waals surface area contributed by atoms with Crippen LogP contribution in [0.15, 0.2) is 52.0 Å². The van der Waals surface area contributed by atoms with Gasteiger partial charge in [-0.05, 0) is 56.2 Å². The summed E-state index contributed by atoms with van der Waals surface area (Å²) in [5, 5.41) is 2.87. The zero-order valence-electron chi connectivity index (χ0n) is 14.4. The number of nitrogens with one attached hydrogen (secondary N) is 1. The van der Waals surface area contributed by atoms with Crippen LogP contribution in [0.4, 0.5) is 4.39 Å². The minimum Gasteiger partial charge on any atom is -0.467 e. The third-order valence-corrected chi connectivity index (χ3v) is 6.41. The first kappa shape index (κ1) is 18.6. The zero-order valence-corrected chi connectivity index (χ0v) is 15.2. The molecule has 2 heterocycles. The van der Waals surface area contributed by atoms with Gasteiger partial charge in [0.1, 0.15) is 11.6 Å². The number of nitrogens with zero attached hydrogens (tertiary/aromatic N) is 1. The molecular formula is C18H21FN2O4S. The van der Waals surface area contributed by atoms with Gasteiger partial charge >= 0.3 is 0 Å². The van der Waals surface area contributed by atoms with Crippen molar-refractivity contribution in [3.05, 3.63) is 54.2 Å². The molecule has 1 aliphatic rings. The van der Waals surface area contributed by atoms with Crippen molar-refractivity contribution in [3.63, 3.8) is 0 Å². The first-order valence-corrected chi connectivity index (χ1v) is 9.91. The quantitative estimate of drug-likeness (QED) is 0.865. The lowest BCUT2D eigenvalue weighted by atomic mass is 9.98. The number of piperidine rings is 1. The van der Waals surface area contributed by atoms with Gasteiger partial charge in [-0.25, -0.2) is 12.8 Å². The van der Waals surface area contributed by atoms with Crippen molar-refractivity contribution in [1.29, 1.82) is 0 Å². The monoisotopic (exact) mass is 380 g/mol. The summed E-state index contributed by atoms with van der Waals surface area (Å²) in [6.45, 7) is 2.26. The number of carbonyl (C=O) groups excluding carboxylic acids is 1. The van der Waals surface area contributed by atoms with Crippen LogP contribution >= 0.6 is 0 Å². The van der Waals surface area contributed by atoms with Crippen molar-refractivity contribution in [3.8, 4) is 0 Å². The van der Waals surface area contributed by atoms with Crippen molar-refractivity contribution < 1.29 is 22.0 Å². The molecule has 1 fully saturated rings. The van der Waals surface area contributed by atoms with E-state index in [1.54, 1.807) is 12.1 Å². The maximum absolute atomic E-state index is 13.1. The van der Waals surface area contributed by atoms with Gasteiger partial charge in [0, 0.05) is 13.1 Å². The molecule has 0 unspecified atom stereocenters. The fourth-order valence-electron chi connectivity index (χ4n) is 3.07. The van der Waals surface area contributed by atoms with Gasteiger partial charge in [0.25, 0.3) is 0 Å². The summed E-state index contributed by atoms with van der Waals surface area (Å²) in [5.41, 5.74) is 0. The summed E-state index contributed by atoms with van der Waals surface area (Å²) in [6.07, 6.45) is 2.75. The van der Waals surface area contributed by atoms with Crippen LogP contribution in [0, 0.1) is 11.7 Å². The molecule has 3 rings (SSSR count). The van der Waals surface area contributed by atoms with E-state index in [1.807, 2.05) is 6.92 Å². The molecule has 1 aromatic carbocycles. The normalized spacial score (nSPS) is 19.8. The molecule has 1 amide bonds. The van der Waals surface area contributed by atoms with E-state index in [0.717, 1.165) is 12.1 Å². The van der Waals surface area contributed by atoms with Crippen LogP contribution in [0.25, 0.3) is 0 Å². The fraction of sp³-hybridized carbons (Fsp3) is 0.389. The maximum Gasteiger partial charge on any atom is 0.243 e. The number of benzene rings is 1. The highest BCUT2D eigenvalue weighted by molar-refractivity contribution is 7.89. The SMILES string of the molecule is C[C@@H](NC(=O)[C@@H]1CCCN(S(=O)(=O)c2ccc(F)cc2)C1)c1ccco1. The maximum atomic E-state index is 13.1. The summed E-state index contributed by atoms with van der Waals surface area (Å²) in [5.74, 6) is -0.485. The molecule has 1 N–H and O–H groups in total. The molecule has 1 aliphatic heterocycles. The number of sulfonamides is 1. The van der Waals surface area contributed by atoms with Gasteiger partial charge in [-0.1, -0.05) is 0 Å². The molecule has 2 aromatic rings. The third-order valence-electron chi connectivity index (χ3n) is 4.54. The fourth-order valence-corrected chi connectivity index (χ4v) is 4.59. The number of halogens is 1. The van der Waals surface area contributed by atoms with Gasteiger partial charge in [0.15, 0.2) is 0 Å². The number of hydrogen-bond acceptors (Lipinski definition) is 4. The van der Waals surface area contributed by atoms with E-state index in [0.29, 0.717) is 25.1 Å². The Labute approximate surface area is 152 Å². The summed E-state index contributed by atoms with van der Waals surface area (Å²) < 4.78 is 45.1. The molecule has 1 saturated heterocycles. The van der Waals surface area contributed by atoms with E-state index in [2.05, 4.69) is 5.32 Å². The molecule has 140 valence electrons. The van der Waals surface area contributed by atoms with Crippen LogP contribution in [0.5, 0.6) is 0 Å². The summed E-state index contributed by atoms with van der Waals surface area (Å²) in [4.78, 5) is 12.6. The minimum atomic E-state index is -3.75. The van der Waals surface area contributed by atoms with Gasteiger partial charge in [-0.2, -0.15) is 4.31 Å². The van der Waals surface area contributed by atoms with Crippen LogP contribution in [-0.2, 0) is 14.8 Å². The average molecular weight is 380 g/mol. The van der Waals surface area contributed by atoms with E-state index < -0.39 is 21.8 Å². The van der Waals surface area contributed by atoms with E-state index >= 15 is 0 Å². The summed E-state index contributed by atoms with van der Waals surface area (Å²) >= 11 is 0. The predicted octanol–water partition coefficient (Wildman–Crippen LogP) is 2.70. The highest BCUT2D eigenvalue weighted by atomic mass is 32.2. The standard InChI is InChI=1S/C18H21FN2O4S/c1-13(17-5-3-11-25-17)20-18(22)14-4-2-10-21(12-14)26(23,24)16-8-6-15(19)7-9-16/h3,5-9,11,13-14H,2,4,10,12H2,1H3,(H,20,22)/t13-,14-/m1/s1. The van der Waals surface area contributed by atoms with Crippen LogP contribution in [0.2, 0.25) is 0 Å². The smallest absolute Gasteiger partial charge is 0.243 e. The molecular weight excluding hydrogens is 359 g/mol. The molecule has 0 saturated carbocycles. The van der Waals surface area contributed by atoms with Crippen LogP contribution in [-0.4, -0.2) is 31.7 Å². The van der Waals surface area contributed by atoms with Crippen molar-refractivity contribution in [2.75, 3.05) is 13.1 Å². The molecule has 0 aliphatic carbocycles. The van der Waals surface area contributed by atoms with Gasteiger partial charge in [0.2, 0.25) is 15.9 Å². The largest absolute Gasteiger partial charge is 0.467 e. The van der Waals surface area contributed by atoms with Gasteiger partial charge < -0.3 is 9.73 Å². The summed E-state index contributed by atoms with van der Waals surface area (Å²) in [7, 11) is -3.75. The second-order valence-corrected chi connectivity index (χ2v) is 8.34. The van der Waals surface area contributed by atoms with Crippen molar-refractivity contribution in [2.45, 2.75) is 30.7 Å². The Kier molecular flexibility index (Phi) is 5.43. The molecule has 0 radical (unpaired) electrons. The van der Waals surface area contributed by atoms with Crippen molar-refractivity contribution in [1.82, 2.24) is 9.62 Å². The number of rotatable bonds is 5. The summed E-state index contributed by atoms with van der Waals surface area (Å²) in [6, 6.07) is 7.95. The Hall–Kier alpha value is -2.19.